The van der Waals surface area contributed by atoms with E-state index in [0.717, 1.165) is 50.4 Å². The number of nitrogens with zero attached hydrogens (tertiary/aromatic N) is 1. The fraction of sp³-hybridized carbons (Fsp3) is 0.562. The van der Waals surface area contributed by atoms with Gasteiger partial charge < -0.3 is 14.4 Å². The normalized spacial score (nSPS) is 21.6. The highest BCUT2D eigenvalue weighted by molar-refractivity contribution is 6.00. The molecule has 1 aromatic carbocycles. The number of rotatable bonds is 3. The lowest BCUT2D eigenvalue weighted by atomic mass is 9.82. The third-order valence-corrected chi connectivity index (χ3v) is 4.38. The van der Waals surface area contributed by atoms with Gasteiger partial charge in [0.25, 0.3) is 0 Å². The molecular weight excluding hydrogens is 254 g/mol. The maximum Gasteiger partial charge on any atom is 0.170 e. The molecular formula is C16H21NO3. The minimum Gasteiger partial charge on any atom is -0.486 e. The summed E-state index contributed by atoms with van der Waals surface area (Å²) < 4.78 is 11.3. The van der Waals surface area contributed by atoms with Gasteiger partial charge in [-0.1, -0.05) is 12.1 Å². The molecule has 0 bridgehead atoms. The molecule has 0 radical (unpaired) electrons. The van der Waals surface area contributed by atoms with E-state index in [4.69, 9.17) is 9.47 Å². The van der Waals surface area contributed by atoms with Crippen molar-refractivity contribution in [1.29, 1.82) is 0 Å². The molecule has 0 N–H and O–H groups in total. The zero-order chi connectivity index (χ0) is 14.0. The van der Waals surface area contributed by atoms with E-state index in [2.05, 4.69) is 4.90 Å². The fourth-order valence-corrected chi connectivity index (χ4v) is 3.13. The highest BCUT2D eigenvalue weighted by atomic mass is 16.5. The SMILES string of the molecule is COCCN1CCC2(CC1)CC(=O)c1ccccc1O2. The smallest absolute Gasteiger partial charge is 0.170 e. The van der Waals surface area contributed by atoms with Crippen molar-refractivity contribution in [3.63, 3.8) is 0 Å². The summed E-state index contributed by atoms with van der Waals surface area (Å²) in [5.74, 6) is 0.978. The van der Waals surface area contributed by atoms with E-state index in [9.17, 15) is 4.79 Å². The van der Waals surface area contributed by atoms with Crippen molar-refractivity contribution in [1.82, 2.24) is 4.90 Å². The summed E-state index contributed by atoms with van der Waals surface area (Å²) in [6.45, 7) is 3.66. The second-order valence-corrected chi connectivity index (χ2v) is 5.72. The maximum absolute atomic E-state index is 12.3. The van der Waals surface area contributed by atoms with Gasteiger partial charge in [-0.05, 0) is 12.1 Å². The minimum atomic E-state index is -0.283. The molecule has 4 heteroatoms. The Bertz CT molecular complexity index is 492. The van der Waals surface area contributed by atoms with E-state index < -0.39 is 0 Å². The van der Waals surface area contributed by atoms with Crippen molar-refractivity contribution in [3.8, 4) is 5.75 Å². The predicted octanol–water partition coefficient (Wildman–Crippen LogP) is 2.13. The lowest BCUT2D eigenvalue weighted by Crippen LogP contribution is -2.51. The average molecular weight is 275 g/mol. The number of Topliss-reactive ketones (excluding diaryl/α,β-unsaturated/α-hetero) is 1. The number of ketones is 1. The van der Waals surface area contributed by atoms with Crippen LogP contribution in [0.3, 0.4) is 0 Å². The third kappa shape index (κ3) is 2.58. The van der Waals surface area contributed by atoms with Crippen molar-refractivity contribution in [2.45, 2.75) is 24.9 Å². The number of hydrogen-bond donors (Lipinski definition) is 0. The Morgan fingerprint density at radius 1 is 1.30 bits per heavy atom. The summed E-state index contributed by atoms with van der Waals surface area (Å²) >= 11 is 0. The first-order chi connectivity index (χ1) is 9.72. The van der Waals surface area contributed by atoms with Crippen molar-refractivity contribution >= 4 is 5.78 Å². The van der Waals surface area contributed by atoms with E-state index >= 15 is 0 Å². The van der Waals surface area contributed by atoms with Crippen LogP contribution in [0.5, 0.6) is 5.75 Å². The zero-order valence-corrected chi connectivity index (χ0v) is 11.9. The van der Waals surface area contributed by atoms with Gasteiger partial charge in [0, 0.05) is 39.6 Å². The van der Waals surface area contributed by atoms with Gasteiger partial charge in [-0.3, -0.25) is 4.79 Å². The van der Waals surface area contributed by atoms with Gasteiger partial charge in [-0.15, -0.1) is 0 Å². The van der Waals surface area contributed by atoms with E-state index in [-0.39, 0.29) is 11.4 Å². The van der Waals surface area contributed by atoms with Crippen LogP contribution in [0.1, 0.15) is 29.6 Å². The summed E-state index contributed by atoms with van der Waals surface area (Å²) in [5.41, 5.74) is 0.453. The Morgan fingerprint density at radius 3 is 2.80 bits per heavy atom. The molecule has 2 aliphatic rings. The van der Waals surface area contributed by atoms with E-state index in [0.29, 0.717) is 6.42 Å². The van der Waals surface area contributed by atoms with Crippen LogP contribution in [-0.2, 0) is 4.74 Å². The number of ether oxygens (including phenoxy) is 2. The molecule has 0 atom stereocenters. The fourth-order valence-electron chi connectivity index (χ4n) is 3.13. The second kappa shape index (κ2) is 5.54. The predicted molar refractivity (Wildman–Crippen MR) is 76.3 cm³/mol. The molecule has 0 aliphatic carbocycles. The van der Waals surface area contributed by atoms with Crippen LogP contribution in [0.25, 0.3) is 0 Å². The van der Waals surface area contributed by atoms with Crippen molar-refractivity contribution in [2.75, 3.05) is 33.4 Å². The van der Waals surface area contributed by atoms with Crippen LogP contribution in [0, 0.1) is 0 Å². The van der Waals surface area contributed by atoms with Crippen LogP contribution >= 0.6 is 0 Å². The number of para-hydroxylation sites is 1. The summed E-state index contributed by atoms with van der Waals surface area (Å²) in [7, 11) is 1.73. The number of carbonyl (C=O) groups excluding carboxylic acids is 1. The van der Waals surface area contributed by atoms with Crippen molar-refractivity contribution in [3.05, 3.63) is 29.8 Å². The Morgan fingerprint density at radius 2 is 2.05 bits per heavy atom. The van der Waals surface area contributed by atoms with Crippen LogP contribution in [-0.4, -0.2) is 49.6 Å². The molecule has 20 heavy (non-hydrogen) atoms. The molecule has 2 heterocycles. The van der Waals surface area contributed by atoms with Gasteiger partial charge in [0.05, 0.1) is 18.6 Å². The molecule has 1 saturated heterocycles. The maximum atomic E-state index is 12.3. The number of fused-ring (bicyclic) bond motifs is 1. The molecule has 108 valence electrons. The highest BCUT2D eigenvalue weighted by Crippen LogP contribution is 2.39. The number of benzene rings is 1. The third-order valence-electron chi connectivity index (χ3n) is 4.38. The van der Waals surface area contributed by atoms with E-state index in [1.807, 2.05) is 24.3 Å². The number of methoxy groups -OCH3 is 1. The van der Waals surface area contributed by atoms with Crippen molar-refractivity contribution < 1.29 is 14.3 Å². The average Bonchev–Trinajstić information content (AvgIpc) is 2.47. The van der Waals surface area contributed by atoms with Crippen LogP contribution in [0.2, 0.25) is 0 Å². The quantitative estimate of drug-likeness (QED) is 0.847. The van der Waals surface area contributed by atoms with Crippen LogP contribution in [0.15, 0.2) is 24.3 Å². The second-order valence-electron chi connectivity index (χ2n) is 5.72. The Balaban J connectivity index is 1.69. The summed E-state index contributed by atoms with van der Waals surface area (Å²) in [6.07, 6.45) is 2.34. The molecule has 3 rings (SSSR count). The number of carbonyl (C=O) groups is 1. The lowest BCUT2D eigenvalue weighted by Gasteiger charge is -2.43. The molecule has 0 saturated carbocycles. The first kappa shape index (κ1) is 13.6. The first-order valence-corrected chi connectivity index (χ1v) is 7.25. The monoisotopic (exact) mass is 275 g/mol. The Kier molecular flexibility index (Phi) is 3.76. The van der Waals surface area contributed by atoms with E-state index in [1.165, 1.54) is 0 Å². The van der Waals surface area contributed by atoms with Gasteiger partial charge in [-0.25, -0.2) is 0 Å². The summed E-state index contributed by atoms with van der Waals surface area (Å²) in [4.78, 5) is 14.7. The lowest BCUT2D eigenvalue weighted by molar-refractivity contribution is -0.0130. The summed E-state index contributed by atoms with van der Waals surface area (Å²) in [5, 5.41) is 0. The highest BCUT2D eigenvalue weighted by Gasteiger charge is 2.42. The van der Waals surface area contributed by atoms with E-state index in [1.54, 1.807) is 7.11 Å². The molecule has 0 unspecified atom stereocenters. The summed E-state index contributed by atoms with van der Waals surface area (Å²) in [6, 6.07) is 7.59. The molecule has 1 fully saturated rings. The van der Waals surface area contributed by atoms with Crippen LogP contribution in [0.4, 0.5) is 0 Å². The Hall–Kier alpha value is -1.39. The molecule has 0 aromatic heterocycles. The largest absolute Gasteiger partial charge is 0.486 e. The topological polar surface area (TPSA) is 38.8 Å². The van der Waals surface area contributed by atoms with Gasteiger partial charge >= 0.3 is 0 Å². The van der Waals surface area contributed by atoms with Crippen LogP contribution < -0.4 is 4.74 Å². The number of piperidine rings is 1. The number of likely N-dealkylation sites (tertiary alicyclic amines) is 1. The van der Waals surface area contributed by atoms with Gasteiger partial charge in [0.1, 0.15) is 11.4 Å². The first-order valence-electron chi connectivity index (χ1n) is 7.25. The molecule has 1 aromatic rings. The van der Waals surface area contributed by atoms with Gasteiger partial charge in [0.2, 0.25) is 0 Å². The molecule has 1 spiro atoms. The minimum absolute atomic E-state index is 0.220. The zero-order valence-electron chi connectivity index (χ0n) is 11.9. The number of hydrogen-bond acceptors (Lipinski definition) is 4. The Labute approximate surface area is 119 Å². The van der Waals surface area contributed by atoms with Crippen molar-refractivity contribution in [2.24, 2.45) is 0 Å². The van der Waals surface area contributed by atoms with Gasteiger partial charge in [0.15, 0.2) is 5.78 Å². The molecule has 4 nitrogen and oxygen atoms in total. The molecule has 0 amide bonds. The molecule has 2 aliphatic heterocycles. The van der Waals surface area contributed by atoms with Gasteiger partial charge in [-0.2, -0.15) is 0 Å². The standard InChI is InChI=1S/C16H21NO3/c1-19-11-10-17-8-6-16(7-9-17)12-14(18)13-4-2-3-5-15(13)20-16/h2-5H,6-12H2,1H3.